The predicted molar refractivity (Wildman–Crippen MR) is 115 cm³/mol. The Morgan fingerprint density at radius 3 is 2.67 bits per heavy atom. The Kier molecular flexibility index (Phi) is 5.52. The minimum Gasteiger partial charge on any atom is -0.488 e. The topological polar surface area (TPSA) is 97.0 Å². The van der Waals surface area contributed by atoms with Crippen LogP contribution in [0.2, 0.25) is 15.1 Å². The van der Waals surface area contributed by atoms with Crippen LogP contribution in [0.4, 0.5) is 0 Å². The van der Waals surface area contributed by atoms with Gasteiger partial charge in [-0.2, -0.15) is 5.26 Å². The van der Waals surface area contributed by atoms with Crippen molar-refractivity contribution in [3.63, 3.8) is 0 Å². The Bertz CT molecular complexity index is 1190. The number of ether oxygens (including phenoxy) is 2. The molecule has 2 aromatic carbocycles. The number of nitrogens with two attached hydrogens (primary N) is 1. The van der Waals surface area contributed by atoms with Gasteiger partial charge in [0.15, 0.2) is 0 Å². The second-order valence-electron chi connectivity index (χ2n) is 6.66. The number of allylic oxidation sites excluding steroid dienone is 1. The number of aromatic nitrogens is 2. The summed E-state index contributed by atoms with van der Waals surface area (Å²) in [5.41, 5.74) is 9.00. The summed E-state index contributed by atoms with van der Waals surface area (Å²) >= 11 is 18.8. The number of benzene rings is 2. The van der Waals surface area contributed by atoms with E-state index in [0.717, 1.165) is 5.69 Å². The minimum absolute atomic E-state index is 0.0124. The average molecular weight is 462 g/mol. The van der Waals surface area contributed by atoms with Crippen LogP contribution in [0.25, 0.3) is 0 Å². The Morgan fingerprint density at radius 1 is 1.23 bits per heavy atom. The number of nitrogens with one attached hydrogen (secondary N) is 1. The van der Waals surface area contributed by atoms with Gasteiger partial charge in [0.1, 0.15) is 24.0 Å². The maximum Gasteiger partial charge on any atom is 0.244 e. The summed E-state index contributed by atoms with van der Waals surface area (Å²) in [7, 11) is 0. The fourth-order valence-corrected chi connectivity index (χ4v) is 4.09. The van der Waals surface area contributed by atoms with E-state index in [1.807, 2.05) is 6.92 Å². The second-order valence-corrected chi connectivity index (χ2v) is 7.91. The van der Waals surface area contributed by atoms with E-state index in [2.05, 4.69) is 16.3 Å². The Balaban J connectivity index is 1.81. The molecule has 3 aromatic rings. The number of aromatic amines is 1. The van der Waals surface area contributed by atoms with Crippen molar-refractivity contribution in [3.05, 3.63) is 85.3 Å². The van der Waals surface area contributed by atoms with Crippen LogP contribution in [0.5, 0.6) is 11.6 Å². The van der Waals surface area contributed by atoms with Crippen LogP contribution in [0.1, 0.15) is 28.3 Å². The van der Waals surface area contributed by atoms with Gasteiger partial charge in [-0.05, 0) is 37.3 Å². The Hall–Kier alpha value is -2.85. The number of hydrogen-bond donors (Lipinski definition) is 2. The molecule has 30 heavy (non-hydrogen) atoms. The lowest BCUT2D eigenvalue weighted by molar-refractivity contribution is 0.301. The van der Waals surface area contributed by atoms with Crippen molar-refractivity contribution < 1.29 is 9.47 Å². The average Bonchev–Trinajstić information content (AvgIpc) is 3.07. The van der Waals surface area contributed by atoms with Gasteiger partial charge in [0.05, 0.1) is 5.92 Å². The van der Waals surface area contributed by atoms with Crippen molar-refractivity contribution in [2.75, 3.05) is 0 Å². The fraction of sp³-hybridized carbons (Fsp3) is 0.143. The molecule has 3 N–H and O–H groups in total. The van der Waals surface area contributed by atoms with Gasteiger partial charge < -0.3 is 15.2 Å². The van der Waals surface area contributed by atoms with Crippen molar-refractivity contribution in [2.24, 2.45) is 5.73 Å². The number of rotatable bonds is 4. The zero-order chi connectivity index (χ0) is 21.4. The molecule has 0 aliphatic carbocycles. The first kappa shape index (κ1) is 20.4. The summed E-state index contributed by atoms with van der Waals surface area (Å²) in [6, 6.07) is 12.6. The van der Waals surface area contributed by atoms with Crippen LogP contribution in [0.3, 0.4) is 0 Å². The lowest BCUT2D eigenvalue weighted by atomic mass is 9.83. The number of nitrogens with zero attached hydrogens (tertiary/aromatic N) is 2. The van der Waals surface area contributed by atoms with E-state index >= 15 is 0 Å². The summed E-state index contributed by atoms with van der Waals surface area (Å²) in [5.74, 6) is 0.248. The van der Waals surface area contributed by atoms with Gasteiger partial charge in [-0.3, -0.25) is 5.10 Å². The zero-order valence-electron chi connectivity index (χ0n) is 15.7. The highest BCUT2D eigenvalue weighted by Gasteiger charge is 2.36. The SMILES string of the molecule is Cc1[nH]nc2c1C(c1cc(Cl)ccc1OCc1c(Cl)cccc1Cl)C(C#N)=C(N)O2. The van der Waals surface area contributed by atoms with Crippen molar-refractivity contribution in [3.8, 4) is 17.7 Å². The van der Waals surface area contributed by atoms with E-state index in [0.29, 0.717) is 43.4 Å². The quantitative estimate of drug-likeness (QED) is 0.536. The highest BCUT2D eigenvalue weighted by molar-refractivity contribution is 6.36. The normalized spacial score (nSPS) is 15.4. The molecule has 152 valence electrons. The molecule has 0 amide bonds. The van der Waals surface area contributed by atoms with Gasteiger partial charge in [0.2, 0.25) is 11.8 Å². The van der Waals surface area contributed by atoms with Crippen LogP contribution in [0.15, 0.2) is 47.9 Å². The molecule has 1 aliphatic heterocycles. The lowest BCUT2D eigenvalue weighted by Gasteiger charge is -2.25. The number of nitriles is 1. The summed E-state index contributed by atoms with van der Waals surface area (Å²) < 4.78 is 11.6. The summed E-state index contributed by atoms with van der Waals surface area (Å²) in [5, 5.41) is 18.3. The maximum atomic E-state index is 9.78. The largest absolute Gasteiger partial charge is 0.488 e. The molecule has 0 saturated carbocycles. The second kappa shape index (κ2) is 8.11. The van der Waals surface area contributed by atoms with Crippen molar-refractivity contribution in [1.29, 1.82) is 5.26 Å². The molecular formula is C21H15Cl3N4O2. The zero-order valence-corrected chi connectivity index (χ0v) is 17.9. The predicted octanol–water partition coefficient (Wildman–Crippen LogP) is 5.48. The fourth-order valence-electron chi connectivity index (χ4n) is 3.41. The van der Waals surface area contributed by atoms with E-state index in [9.17, 15) is 5.26 Å². The molecule has 0 saturated heterocycles. The van der Waals surface area contributed by atoms with Crippen LogP contribution in [0, 0.1) is 18.3 Å². The van der Waals surface area contributed by atoms with Crippen molar-refractivity contribution >= 4 is 34.8 Å². The molecular weight excluding hydrogens is 447 g/mol. The Morgan fingerprint density at radius 2 is 1.97 bits per heavy atom. The van der Waals surface area contributed by atoms with E-state index in [4.69, 9.17) is 50.0 Å². The van der Waals surface area contributed by atoms with Gasteiger partial charge in [-0.1, -0.05) is 40.9 Å². The van der Waals surface area contributed by atoms with Crippen LogP contribution in [-0.2, 0) is 6.61 Å². The monoisotopic (exact) mass is 460 g/mol. The number of fused-ring (bicyclic) bond motifs is 1. The third kappa shape index (κ3) is 3.56. The molecule has 1 aromatic heterocycles. The summed E-state index contributed by atoms with van der Waals surface area (Å²) in [4.78, 5) is 0. The molecule has 4 rings (SSSR count). The van der Waals surface area contributed by atoms with Crippen LogP contribution >= 0.6 is 34.8 Å². The van der Waals surface area contributed by atoms with Gasteiger partial charge in [0, 0.05) is 37.5 Å². The van der Waals surface area contributed by atoms with Crippen molar-refractivity contribution in [2.45, 2.75) is 19.4 Å². The van der Waals surface area contributed by atoms with Crippen LogP contribution < -0.4 is 15.2 Å². The third-order valence-corrected chi connectivity index (χ3v) is 5.79. The molecule has 6 nitrogen and oxygen atoms in total. The molecule has 0 radical (unpaired) electrons. The van der Waals surface area contributed by atoms with Gasteiger partial charge in [-0.25, -0.2) is 0 Å². The third-order valence-electron chi connectivity index (χ3n) is 4.85. The molecule has 9 heteroatoms. The minimum atomic E-state index is -0.562. The molecule has 0 fully saturated rings. The van der Waals surface area contributed by atoms with E-state index in [1.165, 1.54) is 0 Å². The molecule has 2 heterocycles. The first-order chi connectivity index (χ1) is 14.4. The number of hydrogen-bond acceptors (Lipinski definition) is 5. The molecule has 1 unspecified atom stereocenters. The van der Waals surface area contributed by atoms with Crippen molar-refractivity contribution in [1.82, 2.24) is 10.2 Å². The van der Waals surface area contributed by atoms with Gasteiger partial charge in [-0.15, -0.1) is 5.10 Å². The number of aryl methyl sites for hydroxylation is 1. The number of H-pyrrole nitrogens is 1. The van der Waals surface area contributed by atoms with E-state index in [-0.39, 0.29) is 18.1 Å². The lowest BCUT2D eigenvalue weighted by Crippen LogP contribution is -2.21. The van der Waals surface area contributed by atoms with Gasteiger partial charge in [0.25, 0.3) is 0 Å². The van der Waals surface area contributed by atoms with E-state index in [1.54, 1.807) is 36.4 Å². The first-order valence-electron chi connectivity index (χ1n) is 8.88. The first-order valence-corrected chi connectivity index (χ1v) is 10.0. The van der Waals surface area contributed by atoms with E-state index < -0.39 is 5.92 Å². The van der Waals surface area contributed by atoms with Crippen LogP contribution in [-0.4, -0.2) is 10.2 Å². The molecule has 0 spiro atoms. The Labute approximate surface area is 187 Å². The molecule has 0 bridgehead atoms. The maximum absolute atomic E-state index is 9.78. The summed E-state index contributed by atoms with van der Waals surface area (Å²) in [6.45, 7) is 1.97. The smallest absolute Gasteiger partial charge is 0.244 e. The molecule has 1 atom stereocenters. The van der Waals surface area contributed by atoms with Gasteiger partial charge >= 0.3 is 0 Å². The summed E-state index contributed by atoms with van der Waals surface area (Å²) in [6.07, 6.45) is 0. The standard InChI is InChI=1S/C21H15Cl3N4O2/c1-10-18-19(13(8-25)20(26)30-21(18)28-27-10)12-7-11(22)5-6-17(12)29-9-14-15(23)3-2-4-16(14)24/h2-7,19H,9,26H2,1H3,(H,27,28). The molecule has 1 aliphatic rings. The highest BCUT2D eigenvalue weighted by Crippen LogP contribution is 2.46. The highest BCUT2D eigenvalue weighted by atomic mass is 35.5. The number of halogens is 3.